The van der Waals surface area contributed by atoms with Crippen LogP contribution in [0.25, 0.3) is 10.1 Å². The summed E-state index contributed by atoms with van der Waals surface area (Å²) < 4.78 is 3.21. The van der Waals surface area contributed by atoms with Crippen LogP contribution in [0.5, 0.6) is 0 Å². The van der Waals surface area contributed by atoms with Crippen LogP contribution in [0.15, 0.2) is 35.8 Å². The van der Waals surface area contributed by atoms with Crippen molar-refractivity contribution >= 4 is 27.3 Å². The smallest absolute Gasteiger partial charge is 0.251 e. The number of nitrogens with one attached hydrogen (secondary N) is 2. The molecule has 6 heteroatoms. The van der Waals surface area contributed by atoms with Gasteiger partial charge in [-0.3, -0.25) is 9.48 Å². The van der Waals surface area contributed by atoms with Crippen LogP contribution in [0.4, 0.5) is 0 Å². The van der Waals surface area contributed by atoms with E-state index in [1.54, 1.807) is 11.3 Å². The van der Waals surface area contributed by atoms with Crippen molar-refractivity contribution in [3.63, 3.8) is 0 Å². The summed E-state index contributed by atoms with van der Waals surface area (Å²) in [6, 6.07) is 7.86. The highest BCUT2D eigenvalue weighted by Gasteiger charge is 2.15. The van der Waals surface area contributed by atoms with Crippen LogP contribution in [-0.4, -0.2) is 22.2 Å². The largest absolute Gasteiger partial charge is 0.348 e. The third-order valence-electron chi connectivity index (χ3n) is 3.98. The van der Waals surface area contributed by atoms with Gasteiger partial charge < -0.3 is 10.6 Å². The van der Waals surface area contributed by atoms with Gasteiger partial charge in [0.15, 0.2) is 0 Å². The van der Waals surface area contributed by atoms with Gasteiger partial charge in [0.1, 0.15) is 0 Å². The second kappa shape index (κ2) is 5.55. The molecule has 22 heavy (non-hydrogen) atoms. The van der Waals surface area contributed by atoms with Gasteiger partial charge in [-0.05, 0) is 35.0 Å². The van der Waals surface area contributed by atoms with Crippen molar-refractivity contribution in [2.24, 2.45) is 0 Å². The minimum absolute atomic E-state index is 0.0446. The van der Waals surface area contributed by atoms with Crippen LogP contribution in [0.1, 0.15) is 21.6 Å². The zero-order chi connectivity index (χ0) is 14.9. The lowest BCUT2D eigenvalue weighted by molar-refractivity contribution is 0.0951. The summed E-state index contributed by atoms with van der Waals surface area (Å²) in [5.41, 5.74) is 2.95. The second-order valence-corrected chi connectivity index (χ2v) is 6.32. The maximum atomic E-state index is 12.3. The standard InChI is InChI=1S/C16H16N4OS/c21-16(12-1-2-15-11(7-12)3-6-22-15)18-8-13-9-19-20-5-4-17-10-14(13)20/h1-3,6-7,9,17H,4-5,8,10H2,(H,18,21). The fourth-order valence-electron chi connectivity index (χ4n) is 2.77. The Balaban J connectivity index is 1.49. The Morgan fingerprint density at radius 2 is 2.36 bits per heavy atom. The summed E-state index contributed by atoms with van der Waals surface area (Å²) in [4.78, 5) is 12.3. The molecule has 0 saturated carbocycles. The molecule has 3 heterocycles. The van der Waals surface area contributed by atoms with Crippen molar-refractivity contribution in [3.05, 3.63) is 52.7 Å². The van der Waals surface area contributed by atoms with E-state index in [0.717, 1.165) is 30.6 Å². The number of aromatic nitrogens is 2. The van der Waals surface area contributed by atoms with Crippen LogP contribution in [-0.2, 0) is 19.6 Å². The summed E-state index contributed by atoms with van der Waals surface area (Å²) in [5, 5.41) is 13.8. The maximum absolute atomic E-state index is 12.3. The number of nitrogens with zero attached hydrogens (tertiary/aromatic N) is 2. The zero-order valence-electron chi connectivity index (χ0n) is 12.0. The molecule has 5 nitrogen and oxygen atoms in total. The fraction of sp³-hybridized carbons (Fsp3) is 0.250. The Labute approximate surface area is 131 Å². The molecule has 1 aromatic carbocycles. The number of benzene rings is 1. The predicted octanol–water partition coefficient (Wildman–Crippen LogP) is 2.13. The van der Waals surface area contributed by atoms with Gasteiger partial charge >= 0.3 is 0 Å². The van der Waals surface area contributed by atoms with Gasteiger partial charge in [0.25, 0.3) is 5.91 Å². The molecule has 0 spiro atoms. The van der Waals surface area contributed by atoms with Gasteiger partial charge in [0.2, 0.25) is 0 Å². The van der Waals surface area contributed by atoms with E-state index in [1.165, 1.54) is 10.4 Å². The summed E-state index contributed by atoms with van der Waals surface area (Å²) in [7, 11) is 0. The highest BCUT2D eigenvalue weighted by Crippen LogP contribution is 2.21. The molecule has 112 valence electrons. The van der Waals surface area contributed by atoms with Gasteiger partial charge in [0.05, 0.1) is 18.4 Å². The van der Waals surface area contributed by atoms with E-state index in [0.29, 0.717) is 12.1 Å². The number of hydrogen-bond acceptors (Lipinski definition) is 4. The highest BCUT2D eigenvalue weighted by atomic mass is 32.1. The number of hydrogen-bond donors (Lipinski definition) is 2. The monoisotopic (exact) mass is 312 g/mol. The summed E-state index contributed by atoms with van der Waals surface area (Å²) in [6.45, 7) is 3.16. The number of thiophene rings is 1. The van der Waals surface area contributed by atoms with E-state index in [9.17, 15) is 4.79 Å². The molecule has 1 aliphatic rings. The Kier molecular flexibility index (Phi) is 3.40. The van der Waals surface area contributed by atoms with Crippen LogP contribution >= 0.6 is 11.3 Å². The molecule has 2 N–H and O–H groups in total. The van der Waals surface area contributed by atoms with Crippen molar-refractivity contribution in [3.8, 4) is 0 Å². The number of carbonyl (C=O) groups is 1. The topological polar surface area (TPSA) is 59.0 Å². The first kappa shape index (κ1) is 13.5. The van der Waals surface area contributed by atoms with Gasteiger partial charge in [-0.1, -0.05) is 0 Å². The van der Waals surface area contributed by atoms with E-state index in [1.807, 2.05) is 40.5 Å². The van der Waals surface area contributed by atoms with Crippen LogP contribution < -0.4 is 10.6 Å². The van der Waals surface area contributed by atoms with E-state index in [-0.39, 0.29) is 5.91 Å². The van der Waals surface area contributed by atoms with Gasteiger partial charge in [-0.25, -0.2) is 0 Å². The molecule has 0 fully saturated rings. The molecule has 4 rings (SSSR count). The lowest BCUT2D eigenvalue weighted by Gasteiger charge is -2.16. The molecular formula is C16H16N4OS. The quantitative estimate of drug-likeness (QED) is 0.779. The Morgan fingerprint density at radius 3 is 3.32 bits per heavy atom. The first-order valence-corrected chi connectivity index (χ1v) is 8.19. The molecule has 0 radical (unpaired) electrons. The summed E-state index contributed by atoms with van der Waals surface area (Å²) in [5.74, 6) is -0.0446. The number of fused-ring (bicyclic) bond motifs is 2. The average molecular weight is 312 g/mol. The number of carbonyl (C=O) groups excluding carboxylic acids is 1. The molecule has 0 aliphatic carbocycles. The Morgan fingerprint density at radius 1 is 1.41 bits per heavy atom. The summed E-state index contributed by atoms with van der Waals surface area (Å²) >= 11 is 1.68. The SMILES string of the molecule is O=C(NCc1cnn2c1CNCC2)c1ccc2sccc2c1. The van der Waals surface area contributed by atoms with Crippen molar-refractivity contribution in [2.75, 3.05) is 6.54 Å². The molecular weight excluding hydrogens is 296 g/mol. The summed E-state index contributed by atoms with van der Waals surface area (Å²) in [6.07, 6.45) is 1.85. The van der Waals surface area contributed by atoms with E-state index in [4.69, 9.17) is 0 Å². The van der Waals surface area contributed by atoms with Crippen LogP contribution in [0.2, 0.25) is 0 Å². The zero-order valence-corrected chi connectivity index (χ0v) is 12.8. The molecule has 0 atom stereocenters. The van der Waals surface area contributed by atoms with Gasteiger partial charge in [-0.2, -0.15) is 5.10 Å². The molecule has 0 bridgehead atoms. The minimum Gasteiger partial charge on any atom is -0.348 e. The van der Waals surface area contributed by atoms with Crippen molar-refractivity contribution < 1.29 is 4.79 Å². The maximum Gasteiger partial charge on any atom is 0.251 e. The normalized spacial score (nSPS) is 14.0. The van der Waals surface area contributed by atoms with E-state index in [2.05, 4.69) is 15.7 Å². The molecule has 3 aromatic rings. The van der Waals surface area contributed by atoms with Crippen molar-refractivity contribution in [1.29, 1.82) is 0 Å². The second-order valence-electron chi connectivity index (χ2n) is 5.37. The molecule has 0 saturated heterocycles. The van der Waals surface area contributed by atoms with Gasteiger partial charge in [-0.15, -0.1) is 11.3 Å². The molecule has 2 aromatic heterocycles. The minimum atomic E-state index is -0.0446. The Hall–Kier alpha value is -2.18. The van der Waals surface area contributed by atoms with E-state index < -0.39 is 0 Å². The number of rotatable bonds is 3. The fourth-order valence-corrected chi connectivity index (χ4v) is 3.54. The van der Waals surface area contributed by atoms with Crippen molar-refractivity contribution in [2.45, 2.75) is 19.6 Å². The first-order valence-electron chi connectivity index (χ1n) is 7.31. The van der Waals surface area contributed by atoms with Crippen molar-refractivity contribution in [1.82, 2.24) is 20.4 Å². The lowest BCUT2D eigenvalue weighted by Crippen LogP contribution is -2.30. The Bertz CT molecular complexity index is 836. The third-order valence-corrected chi connectivity index (χ3v) is 4.88. The van der Waals surface area contributed by atoms with Crippen LogP contribution in [0.3, 0.4) is 0 Å². The molecule has 0 unspecified atom stereocenters. The average Bonchev–Trinajstić information content (AvgIpc) is 3.18. The van der Waals surface area contributed by atoms with Crippen LogP contribution in [0, 0.1) is 0 Å². The van der Waals surface area contributed by atoms with E-state index >= 15 is 0 Å². The van der Waals surface area contributed by atoms with Gasteiger partial charge in [0, 0.05) is 35.5 Å². The molecule has 1 aliphatic heterocycles. The number of amides is 1. The first-order chi connectivity index (χ1) is 10.8. The highest BCUT2D eigenvalue weighted by molar-refractivity contribution is 7.17. The lowest BCUT2D eigenvalue weighted by atomic mass is 10.1. The predicted molar refractivity (Wildman–Crippen MR) is 86.9 cm³/mol. The third kappa shape index (κ3) is 2.40. The molecule has 1 amide bonds.